The number of nitrogens with one attached hydrogen (secondary N) is 1. The van der Waals surface area contributed by atoms with E-state index in [9.17, 15) is 4.79 Å². The molecule has 0 atom stereocenters. The predicted octanol–water partition coefficient (Wildman–Crippen LogP) is 2.19. The molecule has 2 heterocycles. The van der Waals surface area contributed by atoms with E-state index in [1.807, 2.05) is 26.0 Å². The lowest BCUT2D eigenvalue weighted by atomic mass is 9.99. The number of aromatic nitrogens is 2. The van der Waals surface area contributed by atoms with Gasteiger partial charge >= 0.3 is 0 Å². The van der Waals surface area contributed by atoms with E-state index in [-0.39, 0.29) is 11.9 Å². The fourth-order valence-corrected chi connectivity index (χ4v) is 3.02. The Kier molecular flexibility index (Phi) is 5.25. The molecule has 2 aromatic rings. The molecule has 0 radical (unpaired) electrons. The first-order valence-electron chi connectivity index (χ1n) is 8.63. The second-order valence-electron chi connectivity index (χ2n) is 6.54. The molecule has 0 spiro atoms. The second-order valence-corrected chi connectivity index (χ2v) is 6.54. The number of rotatable bonds is 5. The van der Waals surface area contributed by atoms with Crippen molar-refractivity contribution in [1.82, 2.24) is 15.3 Å². The molecule has 1 N–H and O–H groups in total. The number of hydrogen-bond acceptors (Lipinski definition) is 6. The van der Waals surface area contributed by atoms with Gasteiger partial charge in [0.2, 0.25) is 0 Å². The third kappa shape index (κ3) is 3.71. The van der Waals surface area contributed by atoms with Gasteiger partial charge in [-0.15, -0.1) is 0 Å². The lowest BCUT2D eigenvalue weighted by Gasteiger charge is -2.30. The van der Waals surface area contributed by atoms with Gasteiger partial charge in [0.25, 0.3) is 5.91 Å². The fourth-order valence-electron chi connectivity index (χ4n) is 3.02. The average Bonchev–Trinajstić information content (AvgIpc) is 2.66. The van der Waals surface area contributed by atoms with Crippen molar-refractivity contribution in [2.75, 3.05) is 25.7 Å². The number of nitrogens with zero attached hydrogens (tertiary/aromatic N) is 3. The Morgan fingerprint density at radius 3 is 2.38 bits per heavy atom. The molecule has 1 aromatic carbocycles. The first-order valence-corrected chi connectivity index (χ1v) is 8.63. The Bertz CT molecular complexity index is 790. The molecule has 1 amide bonds. The molecule has 1 aliphatic rings. The maximum atomic E-state index is 12.0. The summed E-state index contributed by atoms with van der Waals surface area (Å²) >= 11 is 0. The molecule has 0 bridgehead atoms. The molecule has 0 unspecified atom stereocenters. The third-order valence-corrected chi connectivity index (χ3v) is 4.33. The highest BCUT2D eigenvalue weighted by molar-refractivity contribution is 5.92. The van der Waals surface area contributed by atoms with Crippen molar-refractivity contribution in [3.63, 3.8) is 0 Å². The van der Waals surface area contributed by atoms with Crippen LogP contribution in [-0.2, 0) is 13.0 Å². The second kappa shape index (κ2) is 7.59. The Hall–Kier alpha value is -2.83. The van der Waals surface area contributed by atoms with Crippen LogP contribution in [0.5, 0.6) is 11.5 Å². The quantitative estimate of drug-likeness (QED) is 0.885. The number of methoxy groups -OCH3 is 2. The van der Waals surface area contributed by atoms with Crippen molar-refractivity contribution < 1.29 is 14.3 Å². The van der Waals surface area contributed by atoms with E-state index in [1.165, 1.54) is 17.3 Å². The Balaban J connectivity index is 1.77. The smallest absolute Gasteiger partial charge is 0.271 e. The zero-order valence-electron chi connectivity index (χ0n) is 15.6. The SMILES string of the molecule is COc1cc2c(cc1OC)CN(c1cnc(C(=O)NC(C)C)cn1)CC2. The maximum absolute atomic E-state index is 12.0. The highest BCUT2D eigenvalue weighted by Crippen LogP contribution is 2.33. The molecule has 138 valence electrons. The Morgan fingerprint density at radius 1 is 1.12 bits per heavy atom. The summed E-state index contributed by atoms with van der Waals surface area (Å²) in [7, 11) is 3.28. The van der Waals surface area contributed by atoms with Crippen LogP contribution in [0.15, 0.2) is 24.5 Å². The van der Waals surface area contributed by atoms with Crippen LogP contribution < -0.4 is 19.7 Å². The molecule has 1 aromatic heterocycles. The summed E-state index contributed by atoms with van der Waals surface area (Å²) < 4.78 is 10.8. The van der Waals surface area contributed by atoms with E-state index in [0.717, 1.165) is 30.3 Å². The van der Waals surface area contributed by atoms with Gasteiger partial charge in [0.05, 0.1) is 26.6 Å². The summed E-state index contributed by atoms with van der Waals surface area (Å²) in [5.74, 6) is 2.02. The van der Waals surface area contributed by atoms with Crippen LogP contribution in [0.25, 0.3) is 0 Å². The highest BCUT2D eigenvalue weighted by Gasteiger charge is 2.21. The van der Waals surface area contributed by atoms with E-state index < -0.39 is 0 Å². The van der Waals surface area contributed by atoms with Crippen molar-refractivity contribution in [3.8, 4) is 11.5 Å². The normalized spacial score (nSPS) is 13.3. The molecule has 0 saturated carbocycles. The lowest BCUT2D eigenvalue weighted by molar-refractivity contribution is 0.0937. The van der Waals surface area contributed by atoms with Gasteiger partial charge in [-0.1, -0.05) is 0 Å². The molecule has 7 heteroatoms. The minimum absolute atomic E-state index is 0.0644. The summed E-state index contributed by atoms with van der Waals surface area (Å²) in [5, 5.41) is 2.81. The van der Waals surface area contributed by atoms with E-state index in [1.54, 1.807) is 20.4 Å². The van der Waals surface area contributed by atoms with Crippen LogP contribution in [0.4, 0.5) is 5.82 Å². The minimum Gasteiger partial charge on any atom is -0.493 e. The van der Waals surface area contributed by atoms with Gasteiger partial charge in [-0.3, -0.25) is 4.79 Å². The van der Waals surface area contributed by atoms with Crippen molar-refractivity contribution in [2.45, 2.75) is 32.9 Å². The van der Waals surface area contributed by atoms with Gasteiger partial charge in [0.15, 0.2) is 11.5 Å². The molecule has 7 nitrogen and oxygen atoms in total. The molecule has 3 rings (SSSR count). The molecule has 0 aliphatic carbocycles. The monoisotopic (exact) mass is 356 g/mol. The summed E-state index contributed by atoms with van der Waals surface area (Å²) in [6.45, 7) is 5.36. The van der Waals surface area contributed by atoms with Crippen LogP contribution in [0.2, 0.25) is 0 Å². The third-order valence-electron chi connectivity index (χ3n) is 4.33. The summed E-state index contributed by atoms with van der Waals surface area (Å²) in [6.07, 6.45) is 4.06. The van der Waals surface area contributed by atoms with Crippen LogP contribution in [0.1, 0.15) is 35.5 Å². The number of amides is 1. The van der Waals surface area contributed by atoms with Gasteiger partial charge < -0.3 is 19.7 Å². The average molecular weight is 356 g/mol. The molecule has 0 saturated heterocycles. The van der Waals surface area contributed by atoms with Crippen molar-refractivity contribution in [3.05, 3.63) is 41.3 Å². The van der Waals surface area contributed by atoms with E-state index in [4.69, 9.17) is 9.47 Å². The number of ether oxygens (including phenoxy) is 2. The van der Waals surface area contributed by atoms with Gasteiger partial charge in [0, 0.05) is 19.1 Å². The predicted molar refractivity (Wildman–Crippen MR) is 98.9 cm³/mol. The van der Waals surface area contributed by atoms with Gasteiger partial charge in [-0.2, -0.15) is 0 Å². The lowest BCUT2D eigenvalue weighted by Crippen LogP contribution is -2.32. The Morgan fingerprint density at radius 2 is 1.81 bits per heavy atom. The van der Waals surface area contributed by atoms with Crippen molar-refractivity contribution >= 4 is 11.7 Å². The molecule has 26 heavy (non-hydrogen) atoms. The first-order chi connectivity index (χ1) is 12.5. The molecule has 1 aliphatic heterocycles. The number of carbonyl (C=O) groups excluding carboxylic acids is 1. The highest BCUT2D eigenvalue weighted by atomic mass is 16.5. The summed E-state index contributed by atoms with van der Waals surface area (Å²) in [4.78, 5) is 22.8. The van der Waals surface area contributed by atoms with Crippen LogP contribution in [0, 0.1) is 0 Å². The molecular weight excluding hydrogens is 332 g/mol. The van der Waals surface area contributed by atoms with Gasteiger partial charge in [0.1, 0.15) is 11.5 Å². The number of fused-ring (bicyclic) bond motifs is 1. The maximum Gasteiger partial charge on any atom is 0.271 e. The van der Waals surface area contributed by atoms with Crippen LogP contribution in [0.3, 0.4) is 0 Å². The largest absolute Gasteiger partial charge is 0.493 e. The number of benzene rings is 1. The first kappa shape index (κ1) is 18.0. The van der Waals surface area contributed by atoms with Crippen molar-refractivity contribution in [1.29, 1.82) is 0 Å². The van der Waals surface area contributed by atoms with Crippen LogP contribution in [-0.4, -0.2) is 42.7 Å². The van der Waals surface area contributed by atoms with E-state index >= 15 is 0 Å². The topological polar surface area (TPSA) is 76.6 Å². The number of anilines is 1. The molecular formula is C19H24N4O3. The summed E-state index contributed by atoms with van der Waals surface area (Å²) in [5.41, 5.74) is 2.75. The zero-order chi connectivity index (χ0) is 18.7. The summed E-state index contributed by atoms with van der Waals surface area (Å²) in [6, 6.07) is 4.11. The van der Waals surface area contributed by atoms with Crippen molar-refractivity contribution in [2.24, 2.45) is 0 Å². The van der Waals surface area contributed by atoms with Crippen LogP contribution >= 0.6 is 0 Å². The Labute approximate surface area is 153 Å². The minimum atomic E-state index is -0.208. The van der Waals surface area contributed by atoms with Gasteiger partial charge in [-0.05, 0) is 43.5 Å². The van der Waals surface area contributed by atoms with Gasteiger partial charge in [-0.25, -0.2) is 9.97 Å². The number of carbonyl (C=O) groups is 1. The molecule has 0 fully saturated rings. The fraction of sp³-hybridized carbons (Fsp3) is 0.421. The van der Waals surface area contributed by atoms with E-state index in [2.05, 4.69) is 20.2 Å². The number of hydrogen-bond donors (Lipinski definition) is 1. The van der Waals surface area contributed by atoms with E-state index in [0.29, 0.717) is 12.2 Å². The standard InChI is InChI=1S/C19H24N4O3/c1-12(2)22-19(24)15-9-21-18(10-20-15)23-6-5-13-7-16(25-3)17(26-4)8-14(13)11-23/h7-10,12H,5-6,11H2,1-4H3,(H,22,24). The zero-order valence-corrected chi connectivity index (χ0v) is 15.6.